The number of halogens is 1. The molecule has 1 saturated carbocycles. The van der Waals surface area contributed by atoms with Crippen LogP contribution in [0.5, 0.6) is 0 Å². The van der Waals surface area contributed by atoms with E-state index in [-0.39, 0.29) is 5.56 Å². The Kier molecular flexibility index (Phi) is 4.77. The first-order valence-corrected chi connectivity index (χ1v) is 6.96. The molecular formula is C15H20FNO2. The Balaban J connectivity index is 2.10. The number of carbonyl (C=O) groups is 1. The highest BCUT2D eigenvalue weighted by Crippen LogP contribution is 2.23. The summed E-state index contributed by atoms with van der Waals surface area (Å²) in [5.74, 6) is -1.60. The summed E-state index contributed by atoms with van der Waals surface area (Å²) in [6.07, 6.45) is 8.22. The number of hydrogen-bond acceptors (Lipinski definition) is 2. The second-order valence-electron chi connectivity index (χ2n) is 5.18. The van der Waals surface area contributed by atoms with Crippen LogP contribution in [-0.4, -0.2) is 17.1 Å². The lowest BCUT2D eigenvalue weighted by molar-refractivity contribution is 0.0697. The maximum absolute atomic E-state index is 13.1. The predicted molar refractivity (Wildman–Crippen MR) is 73.1 cm³/mol. The summed E-state index contributed by atoms with van der Waals surface area (Å²) >= 11 is 0. The van der Waals surface area contributed by atoms with E-state index in [9.17, 15) is 9.18 Å². The van der Waals surface area contributed by atoms with Crippen molar-refractivity contribution >= 4 is 11.7 Å². The molecule has 19 heavy (non-hydrogen) atoms. The molecule has 104 valence electrons. The van der Waals surface area contributed by atoms with Crippen LogP contribution in [-0.2, 0) is 0 Å². The number of carboxylic acids is 1. The van der Waals surface area contributed by atoms with Gasteiger partial charge in [-0.15, -0.1) is 0 Å². The smallest absolute Gasteiger partial charge is 0.337 e. The van der Waals surface area contributed by atoms with Crippen LogP contribution in [0.25, 0.3) is 0 Å². The Morgan fingerprint density at radius 2 is 1.79 bits per heavy atom. The van der Waals surface area contributed by atoms with E-state index in [1.165, 1.54) is 44.2 Å². The summed E-state index contributed by atoms with van der Waals surface area (Å²) < 4.78 is 13.1. The van der Waals surface area contributed by atoms with E-state index < -0.39 is 11.8 Å². The van der Waals surface area contributed by atoms with E-state index in [0.29, 0.717) is 11.7 Å². The number of nitrogens with one attached hydrogen (secondary N) is 1. The highest BCUT2D eigenvalue weighted by atomic mass is 19.1. The highest BCUT2D eigenvalue weighted by molar-refractivity contribution is 5.94. The van der Waals surface area contributed by atoms with Crippen LogP contribution in [0.4, 0.5) is 10.1 Å². The molecule has 1 aliphatic carbocycles. The maximum Gasteiger partial charge on any atom is 0.337 e. The van der Waals surface area contributed by atoms with Crippen molar-refractivity contribution in [2.75, 3.05) is 5.32 Å². The lowest BCUT2D eigenvalue weighted by Gasteiger charge is -2.23. The topological polar surface area (TPSA) is 49.3 Å². The lowest BCUT2D eigenvalue weighted by atomic mass is 9.96. The van der Waals surface area contributed by atoms with Gasteiger partial charge in [-0.25, -0.2) is 9.18 Å². The Morgan fingerprint density at radius 3 is 2.42 bits per heavy atom. The molecule has 4 heteroatoms. The molecule has 3 nitrogen and oxygen atoms in total. The van der Waals surface area contributed by atoms with Crippen LogP contribution in [0, 0.1) is 5.82 Å². The van der Waals surface area contributed by atoms with Gasteiger partial charge in [0.15, 0.2) is 0 Å². The zero-order chi connectivity index (χ0) is 13.7. The minimum Gasteiger partial charge on any atom is -0.478 e. The molecule has 1 fully saturated rings. The van der Waals surface area contributed by atoms with Gasteiger partial charge >= 0.3 is 5.97 Å². The van der Waals surface area contributed by atoms with Gasteiger partial charge in [0, 0.05) is 11.7 Å². The van der Waals surface area contributed by atoms with Gasteiger partial charge in [0.2, 0.25) is 0 Å². The minimum atomic E-state index is -1.09. The largest absolute Gasteiger partial charge is 0.478 e. The normalized spacial score (nSPS) is 17.5. The van der Waals surface area contributed by atoms with Gasteiger partial charge in [-0.3, -0.25) is 0 Å². The quantitative estimate of drug-likeness (QED) is 0.866. The summed E-state index contributed by atoms with van der Waals surface area (Å²) in [6, 6.07) is 4.20. The van der Waals surface area contributed by atoms with Crippen molar-refractivity contribution in [1.82, 2.24) is 0 Å². The second-order valence-corrected chi connectivity index (χ2v) is 5.18. The van der Waals surface area contributed by atoms with Crippen molar-refractivity contribution in [2.24, 2.45) is 0 Å². The third kappa shape index (κ3) is 3.94. The molecule has 0 amide bonds. The number of rotatable bonds is 3. The van der Waals surface area contributed by atoms with Crippen molar-refractivity contribution in [3.63, 3.8) is 0 Å². The summed E-state index contributed by atoms with van der Waals surface area (Å²) in [7, 11) is 0. The van der Waals surface area contributed by atoms with Crippen molar-refractivity contribution in [1.29, 1.82) is 0 Å². The average Bonchev–Trinajstić information content (AvgIpc) is 2.34. The minimum absolute atomic E-state index is 0.0158. The molecule has 0 aliphatic heterocycles. The van der Waals surface area contributed by atoms with Crippen LogP contribution in [0.3, 0.4) is 0 Å². The van der Waals surface area contributed by atoms with Gasteiger partial charge in [-0.05, 0) is 31.0 Å². The molecule has 0 unspecified atom stereocenters. The van der Waals surface area contributed by atoms with E-state index in [1.807, 2.05) is 0 Å². The fraction of sp³-hybridized carbons (Fsp3) is 0.533. The van der Waals surface area contributed by atoms with Gasteiger partial charge in [-0.2, -0.15) is 0 Å². The number of benzene rings is 1. The van der Waals surface area contributed by atoms with Crippen molar-refractivity contribution in [3.8, 4) is 0 Å². The summed E-state index contributed by atoms with van der Waals surface area (Å²) in [5, 5.41) is 12.4. The Hall–Kier alpha value is -1.58. The van der Waals surface area contributed by atoms with Gasteiger partial charge in [0.05, 0.1) is 5.56 Å². The first-order chi connectivity index (χ1) is 9.16. The summed E-state index contributed by atoms with van der Waals surface area (Å²) in [5.41, 5.74) is 0.543. The van der Waals surface area contributed by atoms with E-state index in [1.54, 1.807) is 0 Å². The van der Waals surface area contributed by atoms with E-state index >= 15 is 0 Å². The molecule has 2 N–H and O–H groups in total. The molecule has 0 spiro atoms. The number of anilines is 1. The Bertz CT molecular complexity index is 440. The molecule has 1 aliphatic rings. The van der Waals surface area contributed by atoms with E-state index in [0.717, 1.165) is 18.9 Å². The molecule has 0 bridgehead atoms. The molecule has 1 aromatic carbocycles. The van der Waals surface area contributed by atoms with Crippen molar-refractivity contribution < 1.29 is 14.3 Å². The third-order valence-electron chi connectivity index (χ3n) is 3.68. The number of aromatic carboxylic acids is 1. The van der Waals surface area contributed by atoms with E-state index in [4.69, 9.17) is 5.11 Å². The fourth-order valence-corrected chi connectivity index (χ4v) is 2.64. The maximum atomic E-state index is 13.1. The van der Waals surface area contributed by atoms with Gasteiger partial charge in [0.1, 0.15) is 5.82 Å². The van der Waals surface area contributed by atoms with Crippen LogP contribution in [0.15, 0.2) is 18.2 Å². The number of hydrogen-bond donors (Lipinski definition) is 2. The average molecular weight is 265 g/mol. The third-order valence-corrected chi connectivity index (χ3v) is 3.68. The van der Waals surface area contributed by atoms with Crippen LogP contribution in [0.2, 0.25) is 0 Å². The first kappa shape index (κ1) is 13.8. The van der Waals surface area contributed by atoms with Gasteiger partial charge < -0.3 is 10.4 Å². The monoisotopic (exact) mass is 265 g/mol. The predicted octanol–water partition coefficient (Wildman–Crippen LogP) is 4.05. The molecule has 0 heterocycles. The number of carboxylic acid groups (broad SMARTS) is 1. The standard InChI is InChI=1S/C15H20FNO2/c16-11-8-9-14(13(10-11)15(18)19)17-12-6-4-2-1-3-5-7-12/h8-10,12,17H,1-7H2,(H,18,19). The second kappa shape index (κ2) is 6.55. The Morgan fingerprint density at radius 1 is 1.16 bits per heavy atom. The molecule has 1 aromatic rings. The zero-order valence-electron chi connectivity index (χ0n) is 11.0. The molecule has 0 atom stereocenters. The summed E-state index contributed by atoms with van der Waals surface area (Å²) in [6.45, 7) is 0. The van der Waals surface area contributed by atoms with Gasteiger partial charge in [0.25, 0.3) is 0 Å². The molecule has 0 radical (unpaired) electrons. The Labute approximate surface area is 112 Å². The molecule has 0 aromatic heterocycles. The van der Waals surface area contributed by atoms with Crippen LogP contribution < -0.4 is 5.32 Å². The summed E-state index contributed by atoms with van der Waals surface area (Å²) in [4.78, 5) is 11.1. The molecule has 0 saturated heterocycles. The SMILES string of the molecule is O=C(O)c1cc(F)ccc1NC1CCCCCCC1. The van der Waals surface area contributed by atoms with Crippen LogP contribution >= 0.6 is 0 Å². The van der Waals surface area contributed by atoms with Crippen LogP contribution in [0.1, 0.15) is 55.3 Å². The highest BCUT2D eigenvalue weighted by Gasteiger charge is 2.16. The van der Waals surface area contributed by atoms with Crippen molar-refractivity contribution in [2.45, 2.75) is 51.0 Å². The molecule has 2 rings (SSSR count). The fourth-order valence-electron chi connectivity index (χ4n) is 2.64. The molecular weight excluding hydrogens is 245 g/mol. The first-order valence-electron chi connectivity index (χ1n) is 6.96. The zero-order valence-corrected chi connectivity index (χ0v) is 11.0. The lowest BCUT2D eigenvalue weighted by Crippen LogP contribution is -2.22. The van der Waals surface area contributed by atoms with E-state index in [2.05, 4.69) is 5.32 Å². The van der Waals surface area contributed by atoms with Crippen molar-refractivity contribution in [3.05, 3.63) is 29.6 Å². The van der Waals surface area contributed by atoms with Gasteiger partial charge in [-0.1, -0.05) is 32.1 Å².